The minimum Gasteiger partial charge on any atom is -0.319 e. The molecule has 0 saturated heterocycles. The van der Waals surface area contributed by atoms with Crippen molar-refractivity contribution in [3.63, 3.8) is 0 Å². The van der Waals surface area contributed by atoms with Gasteiger partial charge < -0.3 is 5.32 Å². The maximum atomic E-state index is 12.4. The molecule has 0 aliphatic heterocycles. The summed E-state index contributed by atoms with van der Waals surface area (Å²) in [5, 5.41) is 11.6. The van der Waals surface area contributed by atoms with Gasteiger partial charge in [0.1, 0.15) is 0 Å². The van der Waals surface area contributed by atoms with Gasteiger partial charge in [0.05, 0.1) is 22.9 Å². The van der Waals surface area contributed by atoms with Crippen LogP contribution in [0.5, 0.6) is 0 Å². The first-order valence-electron chi connectivity index (χ1n) is 6.90. The lowest BCUT2D eigenvalue weighted by molar-refractivity contribution is 0.102. The van der Waals surface area contributed by atoms with Crippen molar-refractivity contribution in [2.45, 2.75) is 0 Å². The Balaban J connectivity index is 1.68. The number of nitrogens with one attached hydrogen (secondary N) is 2. The Morgan fingerprint density at radius 1 is 1.05 bits per heavy atom. The highest BCUT2D eigenvalue weighted by atomic mass is 16.1. The molecule has 0 unspecified atom stereocenters. The highest BCUT2D eigenvalue weighted by Crippen LogP contribution is 2.19. The number of H-pyrrole nitrogens is 1. The summed E-state index contributed by atoms with van der Waals surface area (Å²) < 4.78 is 0. The van der Waals surface area contributed by atoms with E-state index in [4.69, 9.17) is 0 Å². The quantitative estimate of drug-likeness (QED) is 0.594. The molecule has 0 aliphatic rings. The minimum atomic E-state index is -0.255. The van der Waals surface area contributed by atoms with E-state index in [2.05, 4.69) is 20.5 Å². The molecule has 0 radical (unpaired) electrons. The largest absolute Gasteiger partial charge is 0.319 e. The van der Waals surface area contributed by atoms with Crippen LogP contribution in [0.1, 0.15) is 10.5 Å². The molecule has 4 rings (SSSR count). The third-order valence-electron chi connectivity index (χ3n) is 3.53. The number of hydrogen-bond donors (Lipinski definition) is 2. The molecule has 2 aromatic carbocycles. The number of pyridine rings is 1. The molecule has 4 aromatic rings. The average molecular weight is 288 g/mol. The van der Waals surface area contributed by atoms with Crippen molar-refractivity contribution >= 4 is 33.4 Å². The fourth-order valence-corrected chi connectivity index (χ4v) is 2.47. The second kappa shape index (κ2) is 4.96. The van der Waals surface area contributed by atoms with Gasteiger partial charge in [-0.05, 0) is 18.2 Å². The fourth-order valence-electron chi connectivity index (χ4n) is 2.47. The SMILES string of the molecule is O=C(Nc1cnc2ccccc2c1)c1n[nH]c2ccccc12. The van der Waals surface area contributed by atoms with Crippen molar-refractivity contribution in [3.05, 3.63) is 66.5 Å². The number of carbonyl (C=O) groups excluding carboxylic acids is 1. The Kier molecular flexibility index (Phi) is 2.83. The standard InChI is InChI=1S/C17H12N4O/c22-17(16-13-6-2-4-8-15(13)20-21-16)19-12-9-11-5-1-3-7-14(11)18-10-12/h1-10H,(H,19,22)(H,20,21). The highest BCUT2D eigenvalue weighted by molar-refractivity contribution is 6.11. The Labute approximate surface area is 126 Å². The van der Waals surface area contributed by atoms with Gasteiger partial charge in [0, 0.05) is 10.8 Å². The summed E-state index contributed by atoms with van der Waals surface area (Å²) in [5.74, 6) is -0.255. The van der Waals surface area contributed by atoms with Crippen LogP contribution in [0.4, 0.5) is 5.69 Å². The van der Waals surface area contributed by atoms with E-state index in [0.717, 1.165) is 21.8 Å². The maximum Gasteiger partial charge on any atom is 0.276 e. The molecule has 0 fully saturated rings. The number of aromatic nitrogens is 3. The number of amides is 1. The van der Waals surface area contributed by atoms with Crippen LogP contribution in [0, 0.1) is 0 Å². The molecular formula is C17H12N4O. The van der Waals surface area contributed by atoms with Crippen LogP contribution in [0.3, 0.4) is 0 Å². The molecule has 2 heterocycles. The lowest BCUT2D eigenvalue weighted by Gasteiger charge is -2.04. The lowest BCUT2D eigenvalue weighted by Crippen LogP contribution is -2.13. The summed E-state index contributed by atoms with van der Waals surface area (Å²) in [7, 11) is 0. The smallest absolute Gasteiger partial charge is 0.276 e. The van der Waals surface area contributed by atoms with Gasteiger partial charge in [-0.3, -0.25) is 14.9 Å². The average Bonchev–Trinajstić information content (AvgIpc) is 2.99. The van der Waals surface area contributed by atoms with Crippen LogP contribution in [0.2, 0.25) is 0 Å². The number of fused-ring (bicyclic) bond motifs is 2. The van der Waals surface area contributed by atoms with Crippen molar-refractivity contribution in [2.75, 3.05) is 5.32 Å². The Morgan fingerprint density at radius 2 is 1.86 bits per heavy atom. The fraction of sp³-hybridized carbons (Fsp3) is 0. The Bertz CT molecular complexity index is 990. The van der Waals surface area contributed by atoms with Crippen LogP contribution in [-0.4, -0.2) is 21.1 Å². The summed E-state index contributed by atoms with van der Waals surface area (Å²) in [6.45, 7) is 0. The summed E-state index contributed by atoms with van der Waals surface area (Å²) >= 11 is 0. The summed E-state index contributed by atoms with van der Waals surface area (Å²) in [4.78, 5) is 16.7. The van der Waals surface area contributed by atoms with Gasteiger partial charge in [-0.15, -0.1) is 0 Å². The van der Waals surface area contributed by atoms with E-state index in [1.54, 1.807) is 6.20 Å². The van der Waals surface area contributed by atoms with Gasteiger partial charge in [-0.2, -0.15) is 5.10 Å². The molecule has 5 nitrogen and oxygen atoms in total. The first-order valence-corrected chi connectivity index (χ1v) is 6.90. The van der Waals surface area contributed by atoms with E-state index in [-0.39, 0.29) is 5.91 Å². The molecule has 22 heavy (non-hydrogen) atoms. The van der Waals surface area contributed by atoms with Gasteiger partial charge in [-0.25, -0.2) is 0 Å². The predicted octanol–water partition coefficient (Wildman–Crippen LogP) is 3.36. The van der Waals surface area contributed by atoms with E-state index in [0.29, 0.717) is 11.4 Å². The normalized spacial score (nSPS) is 10.9. The van der Waals surface area contributed by atoms with Crippen LogP contribution < -0.4 is 5.32 Å². The van der Waals surface area contributed by atoms with Gasteiger partial charge in [0.2, 0.25) is 0 Å². The summed E-state index contributed by atoms with van der Waals surface area (Å²) in [6, 6.07) is 17.2. The zero-order valence-corrected chi connectivity index (χ0v) is 11.6. The monoisotopic (exact) mass is 288 g/mol. The number of nitrogens with zero attached hydrogens (tertiary/aromatic N) is 2. The lowest BCUT2D eigenvalue weighted by atomic mass is 10.2. The predicted molar refractivity (Wildman–Crippen MR) is 85.8 cm³/mol. The topological polar surface area (TPSA) is 70.7 Å². The van der Waals surface area contributed by atoms with Crippen LogP contribution >= 0.6 is 0 Å². The number of rotatable bonds is 2. The van der Waals surface area contributed by atoms with Crippen LogP contribution in [0.15, 0.2) is 60.8 Å². The van der Waals surface area contributed by atoms with E-state index < -0.39 is 0 Å². The molecule has 5 heteroatoms. The van der Waals surface area contributed by atoms with Crippen molar-refractivity contribution in [3.8, 4) is 0 Å². The number of anilines is 1. The Hall–Kier alpha value is -3.21. The van der Waals surface area contributed by atoms with Gasteiger partial charge in [-0.1, -0.05) is 36.4 Å². The van der Waals surface area contributed by atoms with Crippen LogP contribution in [-0.2, 0) is 0 Å². The Morgan fingerprint density at radius 3 is 2.82 bits per heavy atom. The molecule has 0 atom stereocenters. The van der Waals surface area contributed by atoms with Crippen molar-refractivity contribution in [1.82, 2.24) is 15.2 Å². The number of aromatic amines is 1. The number of hydrogen-bond acceptors (Lipinski definition) is 3. The zero-order chi connectivity index (χ0) is 14.9. The van der Waals surface area contributed by atoms with Crippen molar-refractivity contribution < 1.29 is 4.79 Å². The van der Waals surface area contributed by atoms with E-state index in [9.17, 15) is 4.79 Å². The maximum absolute atomic E-state index is 12.4. The molecule has 0 saturated carbocycles. The second-order valence-electron chi connectivity index (χ2n) is 4.99. The second-order valence-corrected chi connectivity index (χ2v) is 4.99. The van der Waals surface area contributed by atoms with E-state index >= 15 is 0 Å². The van der Waals surface area contributed by atoms with Gasteiger partial charge in [0.25, 0.3) is 5.91 Å². The minimum absolute atomic E-state index is 0.255. The first-order chi connectivity index (χ1) is 10.8. The third kappa shape index (κ3) is 2.09. The number of benzene rings is 2. The van der Waals surface area contributed by atoms with Crippen molar-refractivity contribution in [2.24, 2.45) is 0 Å². The summed E-state index contributed by atoms with van der Waals surface area (Å²) in [5.41, 5.74) is 2.76. The third-order valence-corrected chi connectivity index (χ3v) is 3.53. The molecule has 2 aromatic heterocycles. The summed E-state index contributed by atoms with van der Waals surface area (Å²) in [6.07, 6.45) is 1.65. The molecular weight excluding hydrogens is 276 g/mol. The van der Waals surface area contributed by atoms with Crippen LogP contribution in [0.25, 0.3) is 21.8 Å². The van der Waals surface area contributed by atoms with E-state index in [1.165, 1.54) is 0 Å². The zero-order valence-electron chi connectivity index (χ0n) is 11.6. The van der Waals surface area contributed by atoms with E-state index in [1.807, 2.05) is 54.6 Å². The van der Waals surface area contributed by atoms with Gasteiger partial charge in [0.15, 0.2) is 5.69 Å². The molecule has 106 valence electrons. The molecule has 0 bridgehead atoms. The highest BCUT2D eigenvalue weighted by Gasteiger charge is 2.14. The molecule has 1 amide bonds. The number of carbonyl (C=O) groups is 1. The molecule has 0 spiro atoms. The van der Waals surface area contributed by atoms with Gasteiger partial charge >= 0.3 is 0 Å². The van der Waals surface area contributed by atoms with Crippen molar-refractivity contribution in [1.29, 1.82) is 0 Å². The number of para-hydroxylation sites is 2. The molecule has 2 N–H and O–H groups in total. The molecule has 0 aliphatic carbocycles. The first kappa shape index (κ1) is 12.5.